The third-order valence-electron chi connectivity index (χ3n) is 2.72. The van der Waals surface area contributed by atoms with Crippen molar-refractivity contribution in [2.75, 3.05) is 33.8 Å². The number of aliphatic hydroxyl groups is 1. The molecule has 0 aromatic heterocycles. The molecule has 1 aromatic rings. The summed E-state index contributed by atoms with van der Waals surface area (Å²) in [6.45, 7) is 1.27. The molecule has 0 heterocycles. The first kappa shape index (κ1) is 16.2. The van der Waals surface area contributed by atoms with Crippen molar-refractivity contribution in [1.82, 2.24) is 9.80 Å². The number of likely N-dealkylation sites (N-methyl/N-ethyl adjacent to an activating group) is 2. The molecule has 0 atom stereocenters. The molecule has 106 valence electrons. The smallest absolute Gasteiger partial charge is 0.236 e. The van der Waals surface area contributed by atoms with Gasteiger partial charge >= 0.3 is 0 Å². The Bertz CT molecular complexity index is 441. The maximum Gasteiger partial charge on any atom is 0.236 e. The average molecular weight is 305 g/mol. The van der Waals surface area contributed by atoms with Crippen LogP contribution in [0, 0.1) is 0 Å². The highest BCUT2D eigenvalue weighted by molar-refractivity contribution is 6.42. The van der Waals surface area contributed by atoms with Gasteiger partial charge in [0.05, 0.1) is 23.2 Å². The van der Waals surface area contributed by atoms with E-state index in [1.165, 1.54) is 0 Å². The van der Waals surface area contributed by atoms with Crippen molar-refractivity contribution < 1.29 is 9.90 Å². The van der Waals surface area contributed by atoms with Crippen LogP contribution in [0.2, 0.25) is 10.0 Å². The van der Waals surface area contributed by atoms with Gasteiger partial charge in [0.1, 0.15) is 0 Å². The van der Waals surface area contributed by atoms with Gasteiger partial charge in [-0.1, -0.05) is 29.3 Å². The van der Waals surface area contributed by atoms with E-state index in [4.69, 9.17) is 28.3 Å². The van der Waals surface area contributed by atoms with Crippen molar-refractivity contribution in [2.24, 2.45) is 0 Å². The summed E-state index contributed by atoms with van der Waals surface area (Å²) in [4.78, 5) is 15.3. The highest BCUT2D eigenvalue weighted by atomic mass is 35.5. The van der Waals surface area contributed by atoms with E-state index in [0.717, 1.165) is 5.56 Å². The van der Waals surface area contributed by atoms with Crippen LogP contribution in [0.1, 0.15) is 5.56 Å². The van der Waals surface area contributed by atoms with Crippen molar-refractivity contribution in [3.63, 3.8) is 0 Å². The van der Waals surface area contributed by atoms with Gasteiger partial charge in [0.2, 0.25) is 5.91 Å². The minimum Gasteiger partial charge on any atom is -0.395 e. The van der Waals surface area contributed by atoms with Crippen LogP contribution in [0.25, 0.3) is 0 Å². The van der Waals surface area contributed by atoms with Gasteiger partial charge < -0.3 is 10.0 Å². The maximum absolute atomic E-state index is 11.9. The van der Waals surface area contributed by atoms with Crippen molar-refractivity contribution in [3.05, 3.63) is 33.8 Å². The minimum absolute atomic E-state index is 0.0120. The molecule has 0 fully saturated rings. The number of hydrogen-bond donors (Lipinski definition) is 1. The van der Waals surface area contributed by atoms with Gasteiger partial charge in [-0.15, -0.1) is 0 Å². The van der Waals surface area contributed by atoms with Gasteiger partial charge in [0.15, 0.2) is 0 Å². The predicted octanol–water partition coefficient (Wildman–Crippen LogP) is 1.88. The quantitative estimate of drug-likeness (QED) is 0.872. The van der Waals surface area contributed by atoms with E-state index < -0.39 is 0 Å². The van der Waals surface area contributed by atoms with Crippen LogP contribution in [0.3, 0.4) is 0 Å². The summed E-state index contributed by atoms with van der Waals surface area (Å²) in [7, 11) is 3.53. The van der Waals surface area contributed by atoms with Crippen LogP contribution in [0.15, 0.2) is 18.2 Å². The molecule has 1 rings (SSSR count). The predicted molar refractivity (Wildman–Crippen MR) is 77.5 cm³/mol. The fourth-order valence-electron chi connectivity index (χ4n) is 1.60. The van der Waals surface area contributed by atoms with Crippen LogP contribution in [0.4, 0.5) is 0 Å². The number of carbonyl (C=O) groups excluding carboxylic acids is 1. The maximum atomic E-state index is 11.9. The van der Waals surface area contributed by atoms with Crippen LogP contribution >= 0.6 is 23.2 Å². The van der Waals surface area contributed by atoms with E-state index >= 15 is 0 Å². The summed E-state index contributed by atoms with van der Waals surface area (Å²) < 4.78 is 0. The summed E-state index contributed by atoms with van der Waals surface area (Å²) in [5, 5.41) is 9.77. The highest BCUT2D eigenvalue weighted by Gasteiger charge is 2.12. The number of benzene rings is 1. The monoisotopic (exact) mass is 304 g/mol. The van der Waals surface area contributed by atoms with E-state index in [1.807, 2.05) is 6.07 Å². The Morgan fingerprint density at radius 3 is 2.53 bits per heavy atom. The standard InChI is InChI=1S/C13H18Cl2N2O2/c1-16(5-6-18)9-13(19)17(2)8-10-3-4-11(14)12(15)7-10/h3-4,7,18H,5-6,8-9H2,1-2H3. The molecule has 0 unspecified atom stereocenters. The zero-order chi connectivity index (χ0) is 14.4. The van der Waals surface area contributed by atoms with Crippen LogP contribution in [-0.4, -0.2) is 54.6 Å². The molecule has 0 radical (unpaired) electrons. The first-order valence-corrected chi connectivity index (χ1v) is 6.67. The second kappa shape index (κ2) is 7.70. The molecule has 0 aliphatic heterocycles. The first-order valence-electron chi connectivity index (χ1n) is 5.91. The van der Waals surface area contributed by atoms with Crippen molar-refractivity contribution >= 4 is 29.1 Å². The number of hydrogen-bond acceptors (Lipinski definition) is 3. The largest absolute Gasteiger partial charge is 0.395 e. The van der Waals surface area contributed by atoms with E-state index in [0.29, 0.717) is 23.1 Å². The van der Waals surface area contributed by atoms with Crippen molar-refractivity contribution in [2.45, 2.75) is 6.54 Å². The Balaban J connectivity index is 2.56. The second-order valence-corrected chi connectivity index (χ2v) is 5.27. The Morgan fingerprint density at radius 1 is 1.26 bits per heavy atom. The van der Waals surface area contributed by atoms with E-state index in [2.05, 4.69) is 0 Å². The van der Waals surface area contributed by atoms with Crippen LogP contribution < -0.4 is 0 Å². The highest BCUT2D eigenvalue weighted by Crippen LogP contribution is 2.23. The Hall–Kier alpha value is -0.810. The van der Waals surface area contributed by atoms with E-state index in [9.17, 15) is 4.79 Å². The summed E-state index contributed by atoms with van der Waals surface area (Å²) in [6.07, 6.45) is 0. The number of halogens is 2. The van der Waals surface area contributed by atoms with Gasteiger partial charge in [-0.25, -0.2) is 0 Å². The number of rotatable bonds is 6. The van der Waals surface area contributed by atoms with Crippen LogP contribution in [-0.2, 0) is 11.3 Å². The Kier molecular flexibility index (Phi) is 6.58. The summed E-state index contributed by atoms with van der Waals surface area (Å²) in [6, 6.07) is 5.32. The fourth-order valence-corrected chi connectivity index (χ4v) is 1.92. The zero-order valence-electron chi connectivity index (χ0n) is 11.1. The normalized spacial score (nSPS) is 10.8. The average Bonchev–Trinajstić information content (AvgIpc) is 2.34. The summed E-state index contributed by atoms with van der Waals surface area (Å²) in [5.74, 6) is -0.0120. The molecule has 0 bridgehead atoms. The van der Waals surface area contributed by atoms with E-state index in [-0.39, 0.29) is 19.1 Å². The zero-order valence-corrected chi connectivity index (χ0v) is 12.6. The molecule has 0 saturated carbocycles. The van der Waals surface area contributed by atoms with Gasteiger partial charge in [0.25, 0.3) is 0 Å². The Labute approximate surface area is 123 Å². The molecule has 1 aromatic carbocycles. The molecule has 1 amide bonds. The minimum atomic E-state index is -0.0120. The lowest BCUT2D eigenvalue weighted by molar-refractivity contribution is -0.131. The lowest BCUT2D eigenvalue weighted by Crippen LogP contribution is -2.37. The molecule has 0 aliphatic rings. The number of amides is 1. The molecule has 4 nitrogen and oxygen atoms in total. The van der Waals surface area contributed by atoms with Gasteiger partial charge in [-0.2, -0.15) is 0 Å². The molecule has 0 saturated heterocycles. The third kappa shape index (κ3) is 5.37. The topological polar surface area (TPSA) is 43.8 Å². The molecule has 1 N–H and O–H groups in total. The van der Waals surface area contributed by atoms with Gasteiger partial charge in [-0.05, 0) is 24.7 Å². The molecule has 0 spiro atoms. The molecular formula is C13H18Cl2N2O2. The van der Waals surface area contributed by atoms with Gasteiger partial charge in [-0.3, -0.25) is 9.69 Å². The lowest BCUT2D eigenvalue weighted by atomic mass is 10.2. The van der Waals surface area contributed by atoms with Crippen LogP contribution in [0.5, 0.6) is 0 Å². The van der Waals surface area contributed by atoms with Crippen molar-refractivity contribution in [1.29, 1.82) is 0 Å². The SMILES string of the molecule is CN(CCO)CC(=O)N(C)Cc1ccc(Cl)c(Cl)c1. The lowest BCUT2D eigenvalue weighted by Gasteiger charge is -2.21. The summed E-state index contributed by atoms with van der Waals surface area (Å²) in [5.41, 5.74) is 0.926. The number of nitrogens with zero attached hydrogens (tertiary/aromatic N) is 2. The summed E-state index contributed by atoms with van der Waals surface area (Å²) >= 11 is 11.8. The van der Waals surface area contributed by atoms with Crippen molar-refractivity contribution in [3.8, 4) is 0 Å². The second-order valence-electron chi connectivity index (χ2n) is 4.46. The molecule has 6 heteroatoms. The van der Waals surface area contributed by atoms with Gasteiger partial charge in [0, 0.05) is 20.1 Å². The molecule has 0 aliphatic carbocycles. The molecule has 19 heavy (non-hydrogen) atoms. The third-order valence-corrected chi connectivity index (χ3v) is 3.46. The number of carbonyl (C=O) groups is 1. The Morgan fingerprint density at radius 2 is 1.95 bits per heavy atom. The number of aliphatic hydroxyl groups excluding tert-OH is 1. The fraction of sp³-hybridized carbons (Fsp3) is 0.462. The first-order chi connectivity index (χ1) is 8.93. The molecular weight excluding hydrogens is 287 g/mol. The van der Waals surface area contributed by atoms with E-state index in [1.54, 1.807) is 36.0 Å².